The van der Waals surface area contributed by atoms with Crippen molar-refractivity contribution in [2.75, 3.05) is 18.4 Å². The lowest BCUT2D eigenvalue weighted by molar-refractivity contribution is 0.102. The van der Waals surface area contributed by atoms with Gasteiger partial charge in [-0.25, -0.2) is 8.42 Å². The number of carbonyl (C=O) groups excluding carboxylic acids is 1. The summed E-state index contributed by atoms with van der Waals surface area (Å²) in [5, 5.41) is 2.84. The predicted molar refractivity (Wildman–Crippen MR) is 116 cm³/mol. The lowest BCUT2D eigenvalue weighted by atomic mass is 10.2. The van der Waals surface area contributed by atoms with Crippen molar-refractivity contribution in [2.45, 2.75) is 55.9 Å². The first-order valence-corrected chi connectivity index (χ1v) is 12.2. The van der Waals surface area contributed by atoms with Crippen LogP contribution in [0.5, 0.6) is 5.75 Å². The third kappa shape index (κ3) is 4.68. The van der Waals surface area contributed by atoms with Crippen LogP contribution in [0.2, 0.25) is 0 Å². The van der Waals surface area contributed by atoms with Crippen LogP contribution >= 0.6 is 0 Å². The summed E-state index contributed by atoms with van der Waals surface area (Å²) in [4.78, 5) is 13.0. The first kappa shape index (κ1) is 20.9. The molecule has 2 aliphatic rings. The van der Waals surface area contributed by atoms with E-state index in [0.29, 0.717) is 24.5 Å². The van der Waals surface area contributed by atoms with Crippen molar-refractivity contribution in [3.8, 4) is 5.75 Å². The second kappa shape index (κ2) is 9.18. The maximum Gasteiger partial charge on any atom is 0.257 e. The number of sulfonamides is 1. The fraction of sp³-hybridized carbons (Fsp3) is 0.435. The number of nitrogens with zero attached hydrogens (tertiary/aromatic N) is 1. The molecule has 0 bridgehead atoms. The van der Waals surface area contributed by atoms with Crippen molar-refractivity contribution in [3.63, 3.8) is 0 Å². The molecule has 1 heterocycles. The fourth-order valence-electron chi connectivity index (χ4n) is 4.17. The molecule has 1 aliphatic heterocycles. The zero-order chi connectivity index (χ0) is 21.0. The molecule has 0 aromatic heterocycles. The molecule has 0 spiro atoms. The number of amides is 1. The quantitative estimate of drug-likeness (QED) is 0.738. The molecule has 1 saturated heterocycles. The Morgan fingerprint density at radius 3 is 2.43 bits per heavy atom. The van der Waals surface area contributed by atoms with Crippen molar-refractivity contribution in [1.29, 1.82) is 0 Å². The third-order valence-corrected chi connectivity index (χ3v) is 7.72. The van der Waals surface area contributed by atoms with Crippen LogP contribution in [-0.4, -0.2) is 37.8 Å². The van der Waals surface area contributed by atoms with Gasteiger partial charge in [-0.1, -0.05) is 24.6 Å². The number of piperidine rings is 1. The zero-order valence-corrected chi connectivity index (χ0v) is 17.9. The molecule has 2 aromatic carbocycles. The van der Waals surface area contributed by atoms with Gasteiger partial charge in [-0.2, -0.15) is 4.31 Å². The van der Waals surface area contributed by atoms with Crippen LogP contribution < -0.4 is 10.1 Å². The van der Waals surface area contributed by atoms with Gasteiger partial charge in [-0.05, 0) is 62.8 Å². The van der Waals surface area contributed by atoms with Gasteiger partial charge in [-0.15, -0.1) is 0 Å². The molecule has 1 amide bonds. The van der Waals surface area contributed by atoms with Crippen molar-refractivity contribution in [1.82, 2.24) is 4.31 Å². The molecule has 1 saturated carbocycles. The summed E-state index contributed by atoms with van der Waals surface area (Å²) in [5.74, 6) is 0.276. The van der Waals surface area contributed by atoms with E-state index in [0.717, 1.165) is 32.1 Å². The summed E-state index contributed by atoms with van der Waals surface area (Å²) in [6.45, 7) is 0.998. The number of hydrogen-bond acceptors (Lipinski definition) is 4. The van der Waals surface area contributed by atoms with Crippen molar-refractivity contribution in [3.05, 3.63) is 54.1 Å². The average molecular weight is 429 g/mol. The first-order valence-electron chi connectivity index (χ1n) is 10.7. The SMILES string of the molecule is O=C(Nc1cccc(OC2CCCC2)c1)c1ccccc1S(=O)(=O)N1CCCCC1. The second-order valence-corrected chi connectivity index (χ2v) is 9.87. The van der Waals surface area contributed by atoms with Crippen LogP contribution in [0.1, 0.15) is 55.3 Å². The van der Waals surface area contributed by atoms with Crippen LogP contribution in [0.15, 0.2) is 53.4 Å². The third-order valence-electron chi connectivity index (χ3n) is 5.76. The topological polar surface area (TPSA) is 75.7 Å². The van der Waals surface area contributed by atoms with Gasteiger partial charge >= 0.3 is 0 Å². The summed E-state index contributed by atoms with van der Waals surface area (Å²) in [5.41, 5.74) is 0.742. The highest BCUT2D eigenvalue weighted by Gasteiger charge is 2.29. The van der Waals surface area contributed by atoms with E-state index in [9.17, 15) is 13.2 Å². The molecular weight excluding hydrogens is 400 g/mol. The number of rotatable bonds is 6. The van der Waals surface area contributed by atoms with Crippen LogP contribution in [0.25, 0.3) is 0 Å². The number of anilines is 1. The van der Waals surface area contributed by atoms with Gasteiger partial charge in [0.2, 0.25) is 10.0 Å². The number of benzene rings is 2. The van der Waals surface area contributed by atoms with E-state index in [1.54, 1.807) is 30.3 Å². The van der Waals surface area contributed by atoms with E-state index in [1.807, 2.05) is 12.1 Å². The standard InChI is InChI=1S/C23H28N2O4S/c26-23(24-18-9-8-12-20(17-18)29-19-10-2-3-11-19)21-13-4-5-14-22(21)30(27,28)25-15-6-1-7-16-25/h4-5,8-9,12-14,17,19H,1-3,6-7,10-11,15-16H2,(H,24,26). The van der Waals surface area contributed by atoms with Crippen LogP contribution in [0.4, 0.5) is 5.69 Å². The van der Waals surface area contributed by atoms with Gasteiger partial charge in [0.25, 0.3) is 5.91 Å². The van der Waals surface area contributed by atoms with Gasteiger partial charge in [0.05, 0.1) is 16.6 Å². The van der Waals surface area contributed by atoms with Crippen molar-refractivity contribution < 1.29 is 17.9 Å². The van der Waals surface area contributed by atoms with Crippen LogP contribution in [-0.2, 0) is 10.0 Å². The molecule has 0 unspecified atom stereocenters. The Labute approximate surface area is 178 Å². The van der Waals surface area contributed by atoms with E-state index in [-0.39, 0.29) is 16.6 Å². The largest absolute Gasteiger partial charge is 0.490 e. The molecule has 0 atom stereocenters. The Morgan fingerprint density at radius 1 is 0.933 bits per heavy atom. The van der Waals surface area contributed by atoms with Gasteiger partial charge in [0.1, 0.15) is 5.75 Å². The number of nitrogens with one attached hydrogen (secondary N) is 1. The Balaban J connectivity index is 1.53. The van der Waals surface area contributed by atoms with Crippen molar-refractivity contribution >= 4 is 21.6 Å². The van der Waals surface area contributed by atoms with E-state index in [1.165, 1.54) is 23.2 Å². The Bertz CT molecular complexity index is 994. The highest BCUT2D eigenvalue weighted by Crippen LogP contribution is 2.27. The Hall–Kier alpha value is -2.38. The summed E-state index contributed by atoms with van der Waals surface area (Å²) in [6.07, 6.45) is 7.44. The molecule has 6 nitrogen and oxygen atoms in total. The minimum Gasteiger partial charge on any atom is -0.490 e. The minimum atomic E-state index is -3.71. The highest BCUT2D eigenvalue weighted by atomic mass is 32.2. The molecule has 7 heteroatoms. The maximum absolute atomic E-state index is 13.1. The van der Waals surface area contributed by atoms with Crippen molar-refractivity contribution in [2.24, 2.45) is 0 Å². The van der Waals surface area contributed by atoms with Gasteiger partial charge in [-0.3, -0.25) is 4.79 Å². The van der Waals surface area contributed by atoms with Crippen LogP contribution in [0, 0.1) is 0 Å². The van der Waals surface area contributed by atoms with Gasteiger partial charge in [0, 0.05) is 24.8 Å². The summed E-state index contributed by atoms with van der Waals surface area (Å²) >= 11 is 0. The van der Waals surface area contributed by atoms with E-state index in [4.69, 9.17) is 4.74 Å². The molecular formula is C23H28N2O4S. The zero-order valence-electron chi connectivity index (χ0n) is 17.0. The molecule has 160 valence electrons. The molecule has 2 aromatic rings. The number of ether oxygens (including phenoxy) is 1. The fourth-order valence-corrected chi connectivity index (χ4v) is 5.87. The number of carbonyl (C=O) groups is 1. The van der Waals surface area contributed by atoms with Crippen LogP contribution in [0.3, 0.4) is 0 Å². The van der Waals surface area contributed by atoms with E-state index >= 15 is 0 Å². The molecule has 2 fully saturated rings. The highest BCUT2D eigenvalue weighted by molar-refractivity contribution is 7.89. The normalized spacial score (nSPS) is 18.3. The monoisotopic (exact) mass is 428 g/mol. The summed E-state index contributed by atoms with van der Waals surface area (Å²) in [6, 6.07) is 13.7. The second-order valence-electron chi connectivity index (χ2n) is 7.97. The Kier molecular flexibility index (Phi) is 6.39. The van der Waals surface area contributed by atoms with Gasteiger partial charge < -0.3 is 10.1 Å². The Morgan fingerprint density at radius 2 is 1.67 bits per heavy atom. The summed E-state index contributed by atoms with van der Waals surface area (Å²) < 4.78 is 33.8. The molecule has 1 N–H and O–H groups in total. The molecule has 0 radical (unpaired) electrons. The van der Waals surface area contributed by atoms with E-state index in [2.05, 4.69) is 5.32 Å². The predicted octanol–water partition coefficient (Wildman–Crippen LogP) is 4.43. The van der Waals surface area contributed by atoms with Gasteiger partial charge in [0.15, 0.2) is 0 Å². The smallest absolute Gasteiger partial charge is 0.257 e. The molecule has 1 aliphatic carbocycles. The lowest BCUT2D eigenvalue weighted by Crippen LogP contribution is -2.36. The molecule has 4 rings (SSSR count). The lowest BCUT2D eigenvalue weighted by Gasteiger charge is -2.26. The first-order chi connectivity index (χ1) is 14.5. The maximum atomic E-state index is 13.1. The number of hydrogen-bond donors (Lipinski definition) is 1. The average Bonchev–Trinajstić information content (AvgIpc) is 3.27. The van der Waals surface area contributed by atoms with E-state index < -0.39 is 15.9 Å². The minimum absolute atomic E-state index is 0.0581. The molecule has 30 heavy (non-hydrogen) atoms. The summed E-state index contributed by atoms with van der Waals surface area (Å²) in [7, 11) is -3.71.